The number of aryl methyl sites for hydroxylation is 1. The van der Waals surface area contributed by atoms with E-state index < -0.39 is 0 Å². The molecule has 122 valence electrons. The van der Waals surface area contributed by atoms with E-state index in [-0.39, 0.29) is 5.91 Å². The molecule has 0 spiro atoms. The third-order valence-corrected chi connectivity index (χ3v) is 3.52. The number of carbonyl (C=O) groups excluding carboxylic acids is 1. The van der Waals surface area contributed by atoms with Crippen molar-refractivity contribution in [2.24, 2.45) is 7.05 Å². The van der Waals surface area contributed by atoms with Crippen LogP contribution in [-0.2, 0) is 7.05 Å². The highest BCUT2D eigenvalue weighted by Crippen LogP contribution is 2.23. The van der Waals surface area contributed by atoms with Crippen molar-refractivity contribution in [3.8, 4) is 17.1 Å². The lowest BCUT2D eigenvalue weighted by atomic mass is 10.1. The molecule has 0 atom stereocenters. The zero-order valence-electron chi connectivity index (χ0n) is 13.6. The maximum absolute atomic E-state index is 12.6. The molecular weight excluding hydrogens is 304 g/mol. The maximum Gasteiger partial charge on any atom is 0.259 e. The normalized spacial score (nSPS) is 10.4. The summed E-state index contributed by atoms with van der Waals surface area (Å²) in [6.07, 6.45) is 1.64. The van der Waals surface area contributed by atoms with E-state index in [0.717, 1.165) is 11.4 Å². The summed E-state index contributed by atoms with van der Waals surface area (Å²) in [7, 11) is 1.87. The average molecular weight is 322 g/mol. The van der Waals surface area contributed by atoms with E-state index in [1.54, 1.807) is 18.5 Å². The second-order valence-electron chi connectivity index (χ2n) is 5.23. The molecular formula is C18H18N4O2. The van der Waals surface area contributed by atoms with Gasteiger partial charge in [0.15, 0.2) is 5.82 Å². The van der Waals surface area contributed by atoms with Gasteiger partial charge < -0.3 is 14.6 Å². The minimum absolute atomic E-state index is 0.214. The van der Waals surface area contributed by atoms with Crippen molar-refractivity contribution in [2.75, 3.05) is 11.9 Å². The number of carbonyl (C=O) groups is 1. The molecule has 0 aliphatic carbocycles. The Kier molecular flexibility index (Phi) is 4.56. The molecule has 2 aromatic carbocycles. The summed E-state index contributed by atoms with van der Waals surface area (Å²) >= 11 is 0. The molecule has 0 aliphatic rings. The molecule has 0 fully saturated rings. The van der Waals surface area contributed by atoms with Crippen molar-refractivity contribution in [1.29, 1.82) is 0 Å². The standard InChI is InChI=1S/C18H18N4O2/c1-3-24-16-10-5-4-9-15(16)18(23)20-14-8-6-7-13(11-14)17-21-19-12-22(17)2/h4-12H,3H2,1-2H3,(H,20,23). The largest absolute Gasteiger partial charge is 0.493 e. The number of benzene rings is 2. The summed E-state index contributed by atoms with van der Waals surface area (Å²) in [6.45, 7) is 2.39. The van der Waals surface area contributed by atoms with Crippen LogP contribution in [0.25, 0.3) is 11.4 Å². The van der Waals surface area contributed by atoms with Gasteiger partial charge in [-0.15, -0.1) is 10.2 Å². The molecule has 1 heterocycles. The molecule has 0 saturated carbocycles. The van der Waals surface area contributed by atoms with E-state index in [9.17, 15) is 4.79 Å². The molecule has 1 amide bonds. The summed E-state index contributed by atoms with van der Waals surface area (Å²) in [4.78, 5) is 12.6. The van der Waals surface area contributed by atoms with Gasteiger partial charge in [-0.25, -0.2) is 0 Å². The maximum atomic E-state index is 12.6. The van der Waals surface area contributed by atoms with E-state index in [2.05, 4.69) is 15.5 Å². The number of nitrogens with one attached hydrogen (secondary N) is 1. The van der Waals surface area contributed by atoms with E-state index >= 15 is 0 Å². The summed E-state index contributed by atoms with van der Waals surface area (Å²) in [5, 5.41) is 10.9. The zero-order valence-corrected chi connectivity index (χ0v) is 13.6. The highest BCUT2D eigenvalue weighted by Gasteiger charge is 2.13. The molecule has 6 heteroatoms. The van der Waals surface area contributed by atoms with Gasteiger partial charge in [0.25, 0.3) is 5.91 Å². The van der Waals surface area contributed by atoms with E-state index in [1.807, 2.05) is 54.9 Å². The minimum Gasteiger partial charge on any atom is -0.493 e. The fourth-order valence-electron chi connectivity index (χ4n) is 2.41. The van der Waals surface area contributed by atoms with Crippen molar-refractivity contribution < 1.29 is 9.53 Å². The fraction of sp³-hybridized carbons (Fsp3) is 0.167. The van der Waals surface area contributed by atoms with Gasteiger partial charge in [-0.3, -0.25) is 4.79 Å². The SMILES string of the molecule is CCOc1ccccc1C(=O)Nc1cccc(-c2nncn2C)c1. The first kappa shape index (κ1) is 15.7. The van der Waals surface area contributed by atoms with Crippen molar-refractivity contribution in [3.05, 3.63) is 60.4 Å². The molecule has 3 aromatic rings. The van der Waals surface area contributed by atoms with Gasteiger partial charge in [0.2, 0.25) is 0 Å². The van der Waals surface area contributed by atoms with Crippen molar-refractivity contribution in [2.45, 2.75) is 6.92 Å². The van der Waals surface area contributed by atoms with Gasteiger partial charge >= 0.3 is 0 Å². The van der Waals surface area contributed by atoms with Crippen LogP contribution in [0.2, 0.25) is 0 Å². The summed E-state index contributed by atoms with van der Waals surface area (Å²) < 4.78 is 7.34. The quantitative estimate of drug-likeness (QED) is 0.783. The van der Waals surface area contributed by atoms with Crippen molar-refractivity contribution in [1.82, 2.24) is 14.8 Å². The van der Waals surface area contributed by atoms with Crippen molar-refractivity contribution >= 4 is 11.6 Å². The molecule has 6 nitrogen and oxygen atoms in total. The number of rotatable bonds is 5. The number of ether oxygens (including phenoxy) is 1. The Hall–Kier alpha value is -3.15. The van der Waals surface area contributed by atoms with Crippen LogP contribution in [0.1, 0.15) is 17.3 Å². The van der Waals surface area contributed by atoms with Crippen LogP contribution in [0.4, 0.5) is 5.69 Å². The number of hydrogen-bond acceptors (Lipinski definition) is 4. The van der Waals surface area contributed by atoms with Crippen LogP contribution in [0.3, 0.4) is 0 Å². The Bertz CT molecular complexity index is 857. The van der Waals surface area contributed by atoms with Gasteiger partial charge in [-0.2, -0.15) is 0 Å². The van der Waals surface area contributed by atoms with E-state index in [1.165, 1.54) is 0 Å². The first-order valence-electron chi connectivity index (χ1n) is 7.66. The molecule has 24 heavy (non-hydrogen) atoms. The first-order chi connectivity index (χ1) is 11.7. The Labute approximate surface area is 140 Å². The van der Waals surface area contributed by atoms with Crippen LogP contribution in [0.15, 0.2) is 54.9 Å². The number of nitrogens with zero attached hydrogens (tertiary/aromatic N) is 3. The molecule has 0 radical (unpaired) electrons. The highest BCUT2D eigenvalue weighted by molar-refractivity contribution is 6.06. The lowest BCUT2D eigenvalue weighted by molar-refractivity contribution is 0.102. The number of aromatic nitrogens is 3. The number of hydrogen-bond donors (Lipinski definition) is 1. The molecule has 0 saturated heterocycles. The van der Waals surface area contributed by atoms with Crippen LogP contribution in [0, 0.1) is 0 Å². The lowest BCUT2D eigenvalue weighted by Gasteiger charge is -2.11. The molecule has 1 N–H and O–H groups in total. The van der Waals surface area contributed by atoms with Crippen LogP contribution in [0.5, 0.6) is 5.75 Å². The lowest BCUT2D eigenvalue weighted by Crippen LogP contribution is -2.13. The zero-order chi connectivity index (χ0) is 16.9. The van der Waals surface area contributed by atoms with Crippen LogP contribution in [-0.4, -0.2) is 27.3 Å². The topological polar surface area (TPSA) is 69.0 Å². The third-order valence-electron chi connectivity index (χ3n) is 3.52. The predicted octanol–water partition coefficient (Wildman–Crippen LogP) is 3.13. The Morgan fingerprint density at radius 3 is 2.79 bits per heavy atom. The molecule has 1 aromatic heterocycles. The minimum atomic E-state index is -0.214. The average Bonchev–Trinajstić information content (AvgIpc) is 3.02. The summed E-state index contributed by atoms with van der Waals surface area (Å²) in [5.74, 6) is 1.09. The highest BCUT2D eigenvalue weighted by atomic mass is 16.5. The number of para-hydroxylation sites is 1. The molecule has 0 bridgehead atoms. The Morgan fingerprint density at radius 2 is 2.04 bits per heavy atom. The van der Waals surface area contributed by atoms with E-state index in [4.69, 9.17) is 4.74 Å². The summed E-state index contributed by atoms with van der Waals surface area (Å²) in [5.41, 5.74) is 2.07. The van der Waals surface area contributed by atoms with E-state index in [0.29, 0.717) is 23.6 Å². The van der Waals surface area contributed by atoms with Gasteiger partial charge in [-0.05, 0) is 31.2 Å². The molecule has 3 rings (SSSR count). The van der Waals surface area contributed by atoms with Crippen molar-refractivity contribution in [3.63, 3.8) is 0 Å². The second kappa shape index (κ2) is 6.95. The van der Waals surface area contributed by atoms with Gasteiger partial charge in [-0.1, -0.05) is 24.3 Å². The predicted molar refractivity (Wildman–Crippen MR) is 92.0 cm³/mol. The Balaban J connectivity index is 1.84. The molecule has 0 unspecified atom stereocenters. The fourth-order valence-corrected chi connectivity index (χ4v) is 2.41. The number of anilines is 1. The third kappa shape index (κ3) is 3.27. The van der Waals surface area contributed by atoms with Crippen LogP contribution < -0.4 is 10.1 Å². The van der Waals surface area contributed by atoms with Gasteiger partial charge in [0.05, 0.1) is 12.2 Å². The van der Waals surface area contributed by atoms with Gasteiger partial charge in [0.1, 0.15) is 12.1 Å². The Morgan fingerprint density at radius 1 is 1.21 bits per heavy atom. The first-order valence-corrected chi connectivity index (χ1v) is 7.66. The summed E-state index contributed by atoms with van der Waals surface area (Å²) in [6, 6.07) is 14.7. The molecule has 0 aliphatic heterocycles. The smallest absolute Gasteiger partial charge is 0.259 e. The number of amides is 1. The van der Waals surface area contributed by atoms with Gasteiger partial charge in [0, 0.05) is 18.3 Å². The van der Waals surface area contributed by atoms with Crippen LogP contribution >= 0.6 is 0 Å². The second-order valence-corrected chi connectivity index (χ2v) is 5.23. The monoisotopic (exact) mass is 322 g/mol.